The number of nitrogens with one attached hydrogen (secondary N) is 2. The first-order chi connectivity index (χ1) is 9.08. The maximum atomic E-state index is 12.2. The van der Waals surface area contributed by atoms with Gasteiger partial charge in [-0.05, 0) is 39.4 Å². The number of carbonyl (C=O) groups is 1. The summed E-state index contributed by atoms with van der Waals surface area (Å²) in [7, 11) is 1.85. The van der Waals surface area contributed by atoms with E-state index in [4.69, 9.17) is 4.74 Å². The highest BCUT2D eigenvalue weighted by Crippen LogP contribution is 2.25. The third kappa shape index (κ3) is 4.91. The van der Waals surface area contributed by atoms with E-state index in [-0.39, 0.29) is 17.9 Å². The van der Waals surface area contributed by atoms with Crippen molar-refractivity contribution in [2.45, 2.75) is 33.3 Å². The van der Waals surface area contributed by atoms with E-state index < -0.39 is 0 Å². The number of amides is 1. The molecule has 106 valence electrons. The third-order valence-corrected chi connectivity index (χ3v) is 2.82. The Morgan fingerprint density at radius 2 is 2.00 bits per heavy atom. The van der Waals surface area contributed by atoms with Gasteiger partial charge in [0.2, 0.25) is 5.91 Å². The fourth-order valence-electron chi connectivity index (χ4n) is 1.83. The number of benzene rings is 1. The lowest BCUT2D eigenvalue weighted by Gasteiger charge is -2.18. The van der Waals surface area contributed by atoms with Crippen LogP contribution in [0.25, 0.3) is 0 Å². The molecule has 0 radical (unpaired) electrons. The van der Waals surface area contributed by atoms with Crippen LogP contribution in [-0.2, 0) is 4.79 Å². The van der Waals surface area contributed by atoms with E-state index in [2.05, 4.69) is 10.6 Å². The van der Waals surface area contributed by atoms with Crippen LogP contribution in [-0.4, -0.2) is 25.6 Å². The molecule has 0 spiro atoms. The first-order valence-electron chi connectivity index (χ1n) is 6.79. The lowest BCUT2D eigenvalue weighted by atomic mass is 10.1. The van der Waals surface area contributed by atoms with E-state index >= 15 is 0 Å². The van der Waals surface area contributed by atoms with Gasteiger partial charge in [0.1, 0.15) is 5.75 Å². The molecular weight excluding hydrogens is 240 g/mol. The van der Waals surface area contributed by atoms with E-state index in [9.17, 15) is 4.79 Å². The quantitative estimate of drug-likeness (QED) is 0.796. The second kappa shape index (κ2) is 7.79. The number of anilines is 1. The van der Waals surface area contributed by atoms with Crippen LogP contribution in [0.15, 0.2) is 24.3 Å². The van der Waals surface area contributed by atoms with Gasteiger partial charge in [-0.1, -0.05) is 19.1 Å². The molecule has 0 fully saturated rings. The molecule has 19 heavy (non-hydrogen) atoms. The first-order valence-corrected chi connectivity index (χ1v) is 6.79. The Bertz CT molecular complexity index is 405. The van der Waals surface area contributed by atoms with E-state index in [1.165, 1.54) is 0 Å². The van der Waals surface area contributed by atoms with Gasteiger partial charge in [0.15, 0.2) is 0 Å². The average Bonchev–Trinajstić information content (AvgIpc) is 2.37. The molecule has 0 heterocycles. The number of rotatable bonds is 7. The van der Waals surface area contributed by atoms with Gasteiger partial charge in [0.05, 0.1) is 17.7 Å². The summed E-state index contributed by atoms with van der Waals surface area (Å²) in [5, 5.41) is 5.99. The zero-order valence-electron chi connectivity index (χ0n) is 12.2. The first kappa shape index (κ1) is 15.5. The van der Waals surface area contributed by atoms with Crippen molar-refractivity contribution < 1.29 is 9.53 Å². The summed E-state index contributed by atoms with van der Waals surface area (Å²) < 4.78 is 5.69. The summed E-state index contributed by atoms with van der Waals surface area (Å²) >= 11 is 0. The zero-order valence-corrected chi connectivity index (χ0v) is 12.2. The van der Waals surface area contributed by atoms with Crippen LogP contribution in [0, 0.1) is 5.92 Å². The summed E-state index contributed by atoms with van der Waals surface area (Å²) in [6.07, 6.45) is 0.886. The van der Waals surface area contributed by atoms with Gasteiger partial charge in [-0.3, -0.25) is 4.79 Å². The van der Waals surface area contributed by atoms with Crippen LogP contribution in [0.1, 0.15) is 27.2 Å². The highest BCUT2D eigenvalue weighted by atomic mass is 16.5. The van der Waals surface area contributed by atoms with Crippen molar-refractivity contribution in [1.29, 1.82) is 0 Å². The minimum atomic E-state index is -0.0305. The average molecular weight is 264 g/mol. The molecule has 4 nitrogen and oxygen atoms in total. The second-order valence-electron chi connectivity index (χ2n) is 4.81. The molecule has 1 unspecified atom stereocenters. The summed E-state index contributed by atoms with van der Waals surface area (Å²) in [5.41, 5.74) is 0.732. The van der Waals surface area contributed by atoms with E-state index in [1.807, 2.05) is 52.1 Å². The van der Waals surface area contributed by atoms with Crippen LogP contribution in [0.4, 0.5) is 5.69 Å². The number of para-hydroxylation sites is 2. The Morgan fingerprint density at radius 3 is 2.58 bits per heavy atom. The molecule has 1 atom stereocenters. The molecule has 0 aliphatic rings. The van der Waals surface area contributed by atoms with E-state index in [0.29, 0.717) is 12.3 Å². The highest BCUT2D eigenvalue weighted by molar-refractivity contribution is 5.94. The van der Waals surface area contributed by atoms with Gasteiger partial charge in [0.25, 0.3) is 0 Å². The number of carbonyl (C=O) groups excluding carboxylic acids is 1. The molecule has 0 aliphatic carbocycles. The Labute approximate surface area is 115 Å². The summed E-state index contributed by atoms with van der Waals surface area (Å²) in [5.74, 6) is 0.707. The Hall–Kier alpha value is -1.55. The molecule has 1 aromatic rings. The summed E-state index contributed by atoms with van der Waals surface area (Å²) in [4.78, 5) is 12.2. The fourth-order valence-corrected chi connectivity index (χ4v) is 1.83. The van der Waals surface area contributed by atoms with Gasteiger partial charge < -0.3 is 15.4 Å². The van der Waals surface area contributed by atoms with Crippen LogP contribution in [0.2, 0.25) is 0 Å². The minimum Gasteiger partial charge on any atom is -0.489 e. The lowest BCUT2D eigenvalue weighted by Crippen LogP contribution is -2.30. The molecule has 1 aromatic carbocycles. The fraction of sp³-hybridized carbons (Fsp3) is 0.533. The van der Waals surface area contributed by atoms with Gasteiger partial charge in [0, 0.05) is 6.54 Å². The predicted octanol–water partition coefficient (Wildman–Crippen LogP) is 2.66. The van der Waals surface area contributed by atoms with Crippen molar-refractivity contribution in [3.05, 3.63) is 24.3 Å². The van der Waals surface area contributed by atoms with Gasteiger partial charge in [-0.2, -0.15) is 0 Å². The zero-order chi connectivity index (χ0) is 14.3. The molecule has 1 amide bonds. The Balaban J connectivity index is 2.78. The largest absolute Gasteiger partial charge is 0.489 e. The molecule has 0 aliphatic heterocycles. The predicted molar refractivity (Wildman–Crippen MR) is 78.5 cm³/mol. The van der Waals surface area contributed by atoms with Crippen molar-refractivity contribution >= 4 is 11.6 Å². The third-order valence-electron chi connectivity index (χ3n) is 2.82. The SMILES string of the molecule is CCC(CNC)C(=O)Nc1ccccc1OC(C)C. The smallest absolute Gasteiger partial charge is 0.228 e. The van der Waals surface area contributed by atoms with Crippen LogP contribution < -0.4 is 15.4 Å². The lowest BCUT2D eigenvalue weighted by molar-refractivity contribution is -0.119. The minimum absolute atomic E-state index is 0.0247. The number of ether oxygens (including phenoxy) is 1. The van der Waals surface area contributed by atoms with Gasteiger partial charge >= 0.3 is 0 Å². The van der Waals surface area contributed by atoms with Crippen molar-refractivity contribution in [3.63, 3.8) is 0 Å². The van der Waals surface area contributed by atoms with Crippen LogP contribution >= 0.6 is 0 Å². The standard InChI is InChI=1S/C15H24N2O2/c1-5-12(10-16-4)15(18)17-13-8-6-7-9-14(13)19-11(2)3/h6-9,11-12,16H,5,10H2,1-4H3,(H,17,18). The number of hydrogen-bond acceptors (Lipinski definition) is 3. The van der Waals surface area contributed by atoms with Crippen LogP contribution in [0.5, 0.6) is 5.75 Å². The molecule has 0 aromatic heterocycles. The molecule has 2 N–H and O–H groups in total. The molecular formula is C15H24N2O2. The molecule has 1 rings (SSSR count). The molecule has 4 heteroatoms. The van der Waals surface area contributed by atoms with Crippen molar-refractivity contribution in [2.75, 3.05) is 18.9 Å². The highest BCUT2D eigenvalue weighted by Gasteiger charge is 2.17. The van der Waals surface area contributed by atoms with Crippen LogP contribution in [0.3, 0.4) is 0 Å². The van der Waals surface area contributed by atoms with Crippen molar-refractivity contribution in [2.24, 2.45) is 5.92 Å². The Morgan fingerprint density at radius 1 is 1.32 bits per heavy atom. The summed E-state index contributed by atoms with van der Waals surface area (Å²) in [6.45, 7) is 6.62. The monoisotopic (exact) mass is 264 g/mol. The van der Waals surface area contributed by atoms with Crippen molar-refractivity contribution in [1.82, 2.24) is 5.32 Å². The van der Waals surface area contributed by atoms with E-state index in [0.717, 1.165) is 12.1 Å². The normalized spacial score (nSPS) is 12.3. The Kier molecular flexibility index (Phi) is 6.36. The molecule has 0 saturated heterocycles. The van der Waals surface area contributed by atoms with Gasteiger partial charge in [-0.25, -0.2) is 0 Å². The van der Waals surface area contributed by atoms with E-state index in [1.54, 1.807) is 0 Å². The van der Waals surface area contributed by atoms with Crippen molar-refractivity contribution in [3.8, 4) is 5.75 Å². The maximum Gasteiger partial charge on any atom is 0.228 e. The van der Waals surface area contributed by atoms with Gasteiger partial charge in [-0.15, -0.1) is 0 Å². The molecule has 0 bridgehead atoms. The molecule has 0 saturated carbocycles. The maximum absolute atomic E-state index is 12.2. The number of hydrogen-bond donors (Lipinski definition) is 2. The summed E-state index contributed by atoms with van der Waals surface area (Å²) in [6, 6.07) is 7.52. The second-order valence-corrected chi connectivity index (χ2v) is 4.81. The topological polar surface area (TPSA) is 50.4 Å².